The van der Waals surface area contributed by atoms with Crippen molar-refractivity contribution in [1.29, 1.82) is 0 Å². The molecule has 1 aromatic rings. The van der Waals surface area contributed by atoms with Gasteiger partial charge in [-0.25, -0.2) is 9.00 Å². The first-order valence-corrected chi connectivity index (χ1v) is 10.4. The van der Waals surface area contributed by atoms with Gasteiger partial charge >= 0.3 is 5.97 Å². The zero-order chi connectivity index (χ0) is 19.2. The lowest BCUT2D eigenvalue weighted by Gasteiger charge is -2.05. The van der Waals surface area contributed by atoms with Crippen LogP contribution in [0.4, 0.5) is 5.69 Å². The van der Waals surface area contributed by atoms with Gasteiger partial charge in [-0.05, 0) is 37.5 Å². The molecule has 0 heterocycles. The summed E-state index contributed by atoms with van der Waals surface area (Å²) in [6.45, 7) is 4.00. The molecule has 9 heteroatoms. The first-order valence-electron chi connectivity index (χ1n) is 7.59. The van der Waals surface area contributed by atoms with Crippen molar-refractivity contribution in [2.24, 2.45) is 0 Å². The number of benzene rings is 1. The number of non-ortho nitro benzene ring substituents is 1. The molecule has 0 aliphatic rings. The van der Waals surface area contributed by atoms with Crippen LogP contribution in [-0.2, 0) is 25.4 Å². The fraction of sp³-hybridized carbons (Fsp3) is 0.438. The van der Waals surface area contributed by atoms with E-state index in [-0.39, 0.29) is 18.3 Å². The molecule has 1 aromatic carbocycles. The summed E-state index contributed by atoms with van der Waals surface area (Å²) in [5, 5.41) is 10.5. The zero-order valence-corrected chi connectivity index (χ0v) is 16.4. The molecule has 0 saturated heterocycles. The van der Waals surface area contributed by atoms with Gasteiger partial charge in [-0.1, -0.05) is 25.8 Å². The first kappa shape index (κ1) is 23.6. The van der Waals surface area contributed by atoms with E-state index in [4.69, 9.17) is 8.95 Å². The summed E-state index contributed by atoms with van der Waals surface area (Å²) in [5.41, 5.74) is 1.36. The Kier molecular flexibility index (Phi) is 13.0. The molecule has 0 saturated carbocycles. The molecular formula is C16H21Cl2NO5S. The second-order valence-corrected chi connectivity index (χ2v) is 7.59. The molecule has 0 fully saturated rings. The van der Waals surface area contributed by atoms with Gasteiger partial charge in [-0.2, -0.15) is 0 Å². The van der Waals surface area contributed by atoms with Gasteiger partial charge in [0, 0.05) is 39.1 Å². The molecule has 6 nitrogen and oxygen atoms in total. The van der Waals surface area contributed by atoms with Crippen molar-refractivity contribution in [3.63, 3.8) is 0 Å². The Morgan fingerprint density at radius 3 is 2.32 bits per heavy atom. The van der Waals surface area contributed by atoms with Gasteiger partial charge in [0.05, 0.1) is 4.92 Å². The highest BCUT2D eigenvalue weighted by atomic mass is 36.0. The van der Waals surface area contributed by atoms with Crippen molar-refractivity contribution < 1.29 is 18.7 Å². The minimum Gasteiger partial charge on any atom is -0.457 e. The highest BCUT2D eigenvalue weighted by Crippen LogP contribution is 2.13. The second-order valence-electron chi connectivity index (χ2n) is 5.07. The molecule has 0 unspecified atom stereocenters. The maximum absolute atomic E-state index is 11.8. The van der Waals surface area contributed by atoms with Gasteiger partial charge in [0.25, 0.3) is 5.69 Å². The van der Waals surface area contributed by atoms with E-state index < -0.39 is 14.2 Å². The highest BCUT2D eigenvalue weighted by molar-refractivity contribution is 8.26. The molecule has 1 rings (SSSR count). The predicted octanol–water partition coefficient (Wildman–Crippen LogP) is 5.21. The van der Waals surface area contributed by atoms with Crippen LogP contribution in [0.3, 0.4) is 0 Å². The minimum atomic E-state index is -1.67. The third kappa shape index (κ3) is 12.6. The quantitative estimate of drug-likeness (QED) is 0.147. The number of nitrogens with zero attached hydrogens (tertiary/aromatic N) is 1. The van der Waals surface area contributed by atoms with Crippen molar-refractivity contribution in [2.45, 2.75) is 46.1 Å². The molecule has 0 amide bonds. The molecule has 0 atom stereocenters. The van der Waals surface area contributed by atoms with Crippen LogP contribution in [0.2, 0.25) is 0 Å². The third-order valence-corrected chi connectivity index (χ3v) is 3.10. The van der Waals surface area contributed by atoms with Crippen LogP contribution in [0.5, 0.6) is 0 Å². The number of carbonyl (C=O) groups is 1. The summed E-state index contributed by atoms with van der Waals surface area (Å²) in [7, 11) is 7.36. The number of halogens is 2. The molecular weight excluding hydrogens is 389 g/mol. The lowest BCUT2D eigenvalue weighted by molar-refractivity contribution is -0.384. The number of nitro benzene ring substituents is 1. The van der Waals surface area contributed by atoms with Gasteiger partial charge < -0.3 is 4.74 Å². The summed E-state index contributed by atoms with van der Waals surface area (Å²) in [6.07, 6.45) is 6.16. The molecule has 0 aliphatic heterocycles. The number of esters is 1. The summed E-state index contributed by atoms with van der Waals surface area (Å²) in [5.74, 6) is -0.343. The number of ether oxygens (including phenoxy) is 1. The van der Waals surface area contributed by atoms with Crippen LogP contribution in [0.15, 0.2) is 35.9 Å². The normalized spacial score (nSPS) is 10.8. The van der Waals surface area contributed by atoms with Crippen LogP contribution in [0.1, 0.15) is 45.1 Å². The van der Waals surface area contributed by atoms with Crippen LogP contribution < -0.4 is 0 Å². The fourth-order valence-corrected chi connectivity index (χ4v) is 1.77. The number of carbonyl (C=O) groups excluding carboxylic acids is 1. The van der Waals surface area contributed by atoms with Crippen LogP contribution in [0.25, 0.3) is 0 Å². The molecule has 0 aliphatic carbocycles. The molecule has 0 N–H and O–H groups in total. The van der Waals surface area contributed by atoms with E-state index in [9.17, 15) is 14.9 Å². The Hall–Kier alpha value is -1.44. The number of hydrogen-bond acceptors (Lipinski definition) is 5. The van der Waals surface area contributed by atoms with Crippen LogP contribution in [0, 0.1) is 10.1 Å². The van der Waals surface area contributed by atoms with Crippen LogP contribution >= 0.6 is 21.4 Å². The molecule has 140 valence electrons. The van der Waals surface area contributed by atoms with Gasteiger partial charge in [-0.3, -0.25) is 10.1 Å². The number of nitro groups is 1. The van der Waals surface area contributed by atoms with Crippen molar-refractivity contribution in [2.75, 3.05) is 0 Å². The average molecular weight is 410 g/mol. The number of unbranched alkanes of at least 4 members (excludes halogenated alkanes) is 3. The Morgan fingerprint density at radius 2 is 1.84 bits per heavy atom. The van der Waals surface area contributed by atoms with Crippen molar-refractivity contribution in [3.8, 4) is 0 Å². The van der Waals surface area contributed by atoms with E-state index in [2.05, 4.69) is 28.3 Å². The predicted molar refractivity (Wildman–Crippen MR) is 101 cm³/mol. The largest absolute Gasteiger partial charge is 0.457 e. The van der Waals surface area contributed by atoms with E-state index in [0.29, 0.717) is 5.57 Å². The van der Waals surface area contributed by atoms with E-state index >= 15 is 0 Å². The van der Waals surface area contributed by atoms with E-state index in [1.54, 1.807) is 19.1 Å². The van der Waals surface area contributed by atoms with Crippen molar-refractivity contribution in [1.82, 2.24) is 0 Å². The summed E-state index contributed by atoms with van der Waals surface area (Å²) >= 11 is 0. The standard InChI is InChI=1S/C16H21NO4.Cl2OS/c1-3-4-5-6-7-13(2)16(18)21-12-14-8-10-15(11-9-14)17(19)20;1-4(2)3/h7-11H,3-6,12H2,1-2H3;. The average Bonchev–Trinajstić information content (AvgIpc) is 2.56. The smallest absolute Gasteiger partial charge is 0.333 e. The maximum atomic E-state index is 11.8. The Bertz CT molecular complexity index is 601. The lowest BCUT2D eigenvalue weighted by atomic mass is 10.1. The summed E-state index contributed by atoms with van der Waals surface area (Å²) in [4.78, 5) is 21.8. The topological polar surface area (TPSA) is 86.5 Å². The Balaban J connectivity index is 0.00000129. The van der Waals surface area contributed by atoms with E-state index in [1.165, 1.54) is 12.1 Å². The van der Waals surface area contributed by atoms with Crippen molar-refractivity contribution in [3.05, 3.63) is 51.6 Å². The molecule has 0 spiro atoms. The highest BCUT2D eigenvalue weighted by Gasteiger charge is 2.07. The zero-order valence-electron chi connectivity index (χ0n) is 14.1. The van der Waals surface area contributed by atoms with Gasteiger partial charge in [0.1, 0.15) is 6.61 Å². The second kappa shape index (κ2) is 13.8. The van der Waals surface area contributed by atoms with Gasteiger partial charge in [-0.15, -0.1) is 0 Å². The number of rotatable bonds is 8. The van der Waals surface area contributed by atoms with E-state index in [1.807, 2.05) is 6.08 Å². The van der Waals surface area contributed by atoms with Crippen LogP contribution in [-0.4, -0.2) is 15.1 Å². The summed E-state index contributed by atoms with van der Waals surface area (Å²) < 4.78 is 14.3. The Labute approximate surface area is 158 Å². The van der Waals surface area contributed by atoms with Crippen molar-refractivity contribution >= 4 is 42.2 Å². The molecule has 0 radical (unpaired) electrons. The van der Waals surface area contributed by atoms with Gasteiger partial charge in [0.2, 0.25) is 9.23 Å². The minimum absolute atomic E-state index is 0.0251. The lowest BCUT2D eigenvalue weighted by Crippen LogP contribution is -2.06. The molecule has 25 heavy (non-hydrogen) atoms. The maximum Gasteiger partial charge on any atom is 0.333 e. The van der Waals surface area contributed by atoms with Gasteiger partial charge in [0.15, 0.2) is 0 Å². The fourth-order valence-electron chi connectivity index (χ4n) is 1.77. The number of hydrogen-bond donors (Lipinski definition) is 0. The Morgan fingerprint density at radius 1 is 1.28 bits per heavy atom. The first-order chi connectivity index (χ1) is 11.8. The monoisotopic (exact) mass is 409 g/mol. The SMILES string of the molecule is CCCCCC=C(C)C(=O)OCc1ccc([N+](=O)[O-])cc1.O=S(Cl)Cl. The molecule has 0 bridgehead atoms. The summed E-state index contributed by atoms with van der Waals surface area (Å²) in [6, 6.07) is 5.98. The van der Waals surface area contributed by atoms with E-state index in [0.717, 1.165) is 31.2 Å². The molecule has 0 aromatic heterocycles. The number of allylic oxidation sites excluding steroid dienone is 1. The third-order valence-electron chi connectivity index (χ3n) is 3.10.